The fraction of sp³-hybridized carbons (Fsp3) is 0.0968. The number of aryl methyl sites for hydroxylation is 1. The highest BCUT2D eigenvalue weighted by molar-refractivity contribution is 5.94. The van der Waals surface area contributed by atoms with Gasteiger partial charge >= 0.3 is 0 Å². The first kappa shape index (κ1) is 18.5. The molecule has 0 N–H and O–H groups in total. The van der Waals surface area contributed by atoms with E-state index in [1.54, 1.807) is 0 Å². The summed E-state index contributed by atoms with van der Waals surface area (Å²) in [5.41, 5.74) is 9.26. The van der Waals surface area contributed by atoms with Crippen LogP contribution in [-0.2, 0) is 0 Å². The normalized spacial score (nSPS) is 18.0. The number of fused-ring (bicyclic) bond motifs is 8. The first-order valence-electron chi connectivity index (χ1n) is 11.6. The maximum Gasteiger partial charge on any atom is 0.254 e. The van der Waals surface area contributed by atoms with Crippen LogP contribution in [0.2, 0.25) is 0 Å². The standard InChI is InChI=1S/C31H24N2/c1-21-10-2-4-12-23(21)28-16-8-9-18-32(28)29-20-27-25-14-6-7-15-26(25)30-24-13-5-3-11-22(24)17-19-33(30)31(27)29/h2-20,27,31H,1H3/q+2. The molecule has 2 heteroatoms. The minimum atomic E-state index is 0.273. The second-order valence-electron chi connectivity index (χ2n) is 9.08. The molecular formula is C31H24N2+2. The van der Waals surface area contributed by atoms with E-state index in [-0.39, 0.29) is 6.04 Å². The first-order chi connectivity index (χ1) is 16.3. The van der Waals surface area contributed by atoms with Gasteiger partial charge in [-0.25, -0.2) is 0 Å². The summed E-state index contributed by atoms with van der Waals surface area (Å²) in [6.07, 6.45) is 6.96. The minimum absolute atomic E-state index is 0.273. The number of aromatic nitrogens is 2. The number of hydrogen-bond acceptors (Lipinski definition) is 0. The maximum absolute atomic E-state index is 2.51. The van der Waals surface area contributed by atoms with Gasteiger partial charge < -0.3 is 0 Å². The summed E-state index contributed by atoms with van der Waals surface area (Å²) in [6.45, 7) is 2.19. The third-order valence-corrected chi connectivity index (χ3v) is 7.32. The van der Waals surface area contributed by atoms with Gasteiger partial charge in [-0.15, -0.1) is 0 Å². The number of rotatable bonds is 2. The Morgan fingerprint density at radius 1 is 0.667 bits per heavy atom. The SMILES string of the molecule is Cc1ccccc1-c1cccc[n+]1C1=CC2c3ccccc3-c3c4ccccc4cc[n+]3C12. The van der Waals surface area contributed by atoms with E-state index < -0.39 is 0 Å². The van der Waals surface area contributed by atoms with E-state index in [4.69, 9.17) is 0 Å². The number of allylic oxidation sites excluding steroid dienone is 2. The van der Waals surface area contributed by atoms with Crippen molar-refractivity contribution < 1.29 is 9.13 Å². The van der Waals surface area contributed by atoms with Crippen molar-refractivity contribution in [3.05, 3.63) is 127 Å². The Morgan fingerprint density at radius 3 is 2.33 bits per heavy atom. The summed E-state index contributed by atoms with van der Waals surface area (Å²) in [7, 11) is 0. The lowest BCUT2D eigenvalue weighted by atomic mass is 9.73. The summed E-state index contributed by atoms with van der Waals surface area (Å²) in [4.78, 5) is 0. The molecule has 2 atom stereocenters. The third-order valence-electron chi connectivity index (χ3n) is 7.32. The molecule has 156 valence electrons. The van der Waals surface area contributed by atoms with Crippen molar-refractivity contribution in [2.45, 2.75) is 18.9 Å². The molecule has 0 saturated heterocycles. The second-order valence-corrected chi connectivity index (χ2v) is 9.08. The number of hydrogen-bond donors (Lipinski definition) is 0. The van der Waals surface area contributed by atoms with Crippen LogP contribution in [0.25, 0.3) is 39.0 Å². The molecule has 0 spiro atoms. The van der Waals surface area contributed by atoms with Crippen molar-refractivity contribution in [1.29, 1.82) is 0 Å². The van der Waals surface area contributed by atoms with E-state index in [1.165, 1.54) is 50.1 Å². The Balaban J connectivity index is 1.48. The van der Waals surface area contributed by atoms with Gasteiger partial charge in [-0.05, 0) is 47.7 Å². The van der Waals surface area contributed by atoms with Gasteiger partial charge in [0, 0.05) is 29.8 Å². The molecule has 0 radical (unpaired) electrons. The van der Waals surface area contributed by atoms with E-state index in [2.05, 4.69) is 132 Å². The molecule has 1 aliphatic carbocycles. The van der Waals surface area contributed by atoms with E-state index in [1.807, 2.05) is 0 Å². The summed E-state index contributed by atoms with van der Waals surface area (Å²) < 4.78 is 4.90. The van der Waals surface area contributed by atoms with Gasteiger partial charge in [-0.3, -0.25) is 0 Å². The summed E-state index contributed by atoms with van der Waals surface area (Å²) >= 11 is 0. The Bertz CT molecular complexity index is 1590. The predicted octanol–water partition coefficient (Wildman–Crippen LogP) is 6.25. The average molecular weight is 425 g/mol. The number of benzene rings is 3. The van der Waals surface area contributed by atoms with Crippen LogP contribution in [0.1, 0.15) is 23.1 Å². The number of nitrogens with zero attached hydrogens (tertiary/aromatic N) is 2. The smallest absolute Gasteiger partial charge is 0.183 e. The molecule has 5 aromatic rings. The predicted molar refractivity (Wildman–Crippen MR) is 132 cm³/mol. The second kappa shape index (κ2) is 6.98. The summed E-state index contributed by atoms with van der Waals surface area (Å²) in [5.74, 6) is 0.382. The van der Waals surface area contributed by atoms with E-state index >= 15 is 0 Å². The fourth-order valence-corrected chi connectivity index (χ4v) is 5.74. The molecular weight excluding hydrogens is 400 g/mol. The Kier molecular flexibility index (Phi) is 3.92. The highest BCUT2D eigenvalue weighted by atomic mass is 15.1. The van der Waals surface area contributed by atoms with E-state index in [9.17, 15) is 0 Å². The van der Waals surface area contributed by atoms with Gasteiger partial charge in [0.15, 0.2) is 12.4 Å². The van der Waals surface area contributed by atoms with Crippen LogP contribution in [-0.4, -0.2) is 0 Å². The van der Waals surface area contributed by atoms with Gasteiger partial charge in [0.1, 0.15) is 0 Å². The van der Waals surface area contributed by atoms with Crippen LogP contribution in [0.5, 0.6) is 0 Å². The molecule has 3 heterocycles. The van der Waals surface area contributed by atoms with E-state index in [0.717, 1.165) is 0 Å². The Hall–Kier alpha value is -4.04. The molecule has 2 nitrogen and oxygen atoms in total. The van der Waals surface area contributed by atoms with Crippen LogP contribution in [0.3, 0.4) is 0 Å². The molecule has 0 fully saturated rings. The third kappa shape index (κ3) is 2.61. The van der Waals surface area contributed by atoms with Crippen molar-refractivity contribution >= 4 is 16.5 Å². The Morgan fingerprint density at radius 2 is 1.42 bits per heavy atom. The van der Waals surface area contributed by atoms with E-state index in [0.29, 0.717) is 5.92 Å². The topological polar surface area (TPSA) is 7.76 Å². The van der Waals surface area contributed by atoms with Gasteiger partial charge in [0.05, 0.1) is 16.9 Å². The minimum Gasteiger partial charge on any atom is -0.183 e. The van der Waals surface area contributed by atoms with Crippen molar-refractivity contribution in [2.75, 3.05) is 0 Å². The molecule has 2 aromatic heterocycles. The molecule has 2 aliphatic rings. The van der Waals surface area contributed by atoms with Crippen LogP contribution in [0, 0.1) is 6.92 Å². The molecule has 7 rings (SSSR count). The van der Waals surface area contributed by atoms with Crippen LogP contribution in [0.15, 0.2) is 116 Å². The first-order valence-corrected chi connectivity index (χ1v) is 11.6. The average Bonchev–Trinajstić information content (AvgIpc) is 2.84. The molecule has 1 aliphatic heterocycles. The highest BCUT2D eigenvalue weighted by Crippen LogP contribution is 2.50. The molecule has 0 saturated carbocycles. The lowest BCUT2D eigenvalue weighted by molar-refractivity contribution is -0.730. The van der Waals surface area contributed by atoms with Gasteiger partial charge in [-0.1, -0.05) is 54.6 Å². The van der Waals surface area contributed by atoms with Gasteiger partial charge in [-0.2, -0.15) is 9.13 Å². The lowest BCUT2D eigenvalue weighted by Crippen LogP contribution is -2.57. The largest absolute Gasteiger partial charge is 0.254 e. The van der Waals surface area contributed by atoms with Crippen molar-refractivity contribution in [3.8, 4) is 22.5 Å². The zero-order chi connectivity index (χ0) is 21.9. The molecule has 2 unspecified atom stereocenters. The van der Waals surface area contributed by atoms with Crippen molar-refractivity contribution in [1.82, 2.24) is 0 Å². The monoisotopic (exact) mass is 424 g/mol. The Labute approximate surface area is 193 Å². The summed E-state index contributed by atoms with van der Waals surface area (Å²) in [6, 6.07) is 35.4. The van der Waals surface area contributed by atoms with Gasteiger partial charge in [0.2, 0.25) is 11.4 Å². The molecule has 0 bridgehead atoms. The lowest BCUT2D eigenvalue weighted by Gasteiger charge is -2.34. The zero-order valence-corrected chi connectivity index (χ0v) is 18.5. The molecule has 0 amide bonds. The quantitative estimate of drug-likeness (QED) is 0.296. The maximum atomic E-state index is 2.51. The zero-order valence-electron chi connectivity index (χ0n) is 18.5. The van der Waals surface area contributed by atoms with Crippen molar-refractivity contribution in [3.63, 3.8) is 0 Å². The number of pyridine rings is 2. The summed E-state index contributed by atoms with van der Waals surface area (Å²) in [5, 5.41) is 2.60. The van der Waals surface area contributed by atoms with Crippen molar-refractivity contribution in [2.24, 2.45) is 0 Å². The van der Waals surface area contributed by atoms with Crippen LogP contribution < -0.4 is 9.13 Å². The molecule has 33 heavy (non-hydrogen) atoms. The highest BCUT2D eigenvalue weighted by Gasteiger charge is 2.53. The van der Waals surface area contributed by atoms with Crippen LogP contribution in [0.4, 0.5) is 0 Å². The van der Waals surface area contributed by atoms with Gasteiger partial charge in [0.25, 0.3) is 11.7 Å². The fourth-order valence-electron chi connectivity index (χ4n) is 5.74. The molecule has 3 aromatic carbocycles. The van der Waals surface area contributed by atoms with Crippen LogP contribution >= 0.6 is 0 Å².